The molecule has 0 spiro atoms. The molecule has 0 aliphatic carbocycles. The number of fused-ring (bicyclic) bond motifs is 1. The Morgan fingerprint density at radius 2 is 1.91 bits per heavy atom. The number of hydrogen-bond donors (Lipinski definition) is 1. The summed E-state index contributed by atoms with van der Waals surface area (Å²) in [5, 5.41) is 0.528. The second-order valence-electron chi connectivity index (χ2n) is 4.79. The molecule has 0 radical (unpaired) electrons. The molecule has 22 heavy (non-hydrogen) atoms. The van der Waals surface area contributed by atoms with Gasteiger partial charge in [-0.15, -0.1) is 0 Å². The van der Waals surface area contributed by atoms with Crippen LogP contribution in [0.25, 0.3) is 11.0 Å². The van der Waals surface area contributed by atoms with Gasteiger partial charge in [0.15, 0.2) is 0 Å². The van der Waals surface area contributed by atoms with Gasteiger partial charge in [-0.25, -0.2) is 4.98 Å². The highest BCUT2D eigenvalue weighted by Gasteiger charge is 2.13. The molecule has 5 nitrogen and oxygen atoms in total. The topological polar surface area (TPSA) is 70.1 Å². The summed E-state index contributed by atoms with van der Waals surface area (Å²) in [6.07, 6.45) is 0. The molecule has 0 atom stereocenters. The summed E-state index contributed by atoms with van der Waals surface area (Å²) in [5.41, 5.74) is 6.96. The Bertz CT molecular complexity index is 829. The molecule has 112 valence electrons. The minimum Gasteiger partial charge on any atom is -0.484 e. The summed E-state index contributed by atoms with van der Waals surface area (Å²) in [7, 11) is 0. The molecule has 0 bridgehead atoms. The van der Waals surface area contributed by atoms with Gasteiger partial charge in [-0.1, -0.05) is 35.9 Å². The van der Waals surface area contributed by atoms with Crippen molar-refractivity contribution in [2.45, 2.75) is 13.2 Å². The number of para-hydroxylation sites is 3. The van der Waals surface area contributed by atoms with E-state index >= 15 is 0 Å². The number of amides is 1. The number of halogens is 1. The number of nitrogens with zero attached hydrogens (tertiary/aromatic N) is 2. The van der Waals surface area contributed by atoms with E-state index in [4.69, 9.17) is 22.1 Å². The number of hydrogen-bond acceptors (Lipinski definition) is 3. The highest BCUT2D eigenvalue weighted by atomic mass is 35.5. The van der Waals surface area contributed by atoms with Crippen molar-refractivity contribution in [3.05, 3.63) is 59.4 Å². The number of benzene rings is 2. The molecule has 2 aromatic carbocycles. The summed E-state index contributed by atoms with van der Waals surface area (Å²) in [5.74, 6) is 0.768. The average molecular weight is 316 g/mol. The van der Waals surface area contributed by atoms with Gasteiger partial charge in [0.05, 0.1) is 16.1 Å². The van der Waals surface area contributed by atoms with Gasteiger partial charge in [0, 0.05) is 0 Å². The monoisotopic (exact) mass is 315 g/mol. The van der Waals surface area contributed by atoms with Crippen molar-refractivity contribution in [1.82, 2.24) is 9.55 Å². The number of ether oxygens (including phenoxy) is 1. The zero-order chi connectivity index (χ0) is 15.5. The smallest absolute Gasteiger partial charge is 0.237 e. The molecule has 0 aliphatic heterocycles. The van der Waals surface area contributed by atoms with Crippen molar-refractivity contribution in [2.24, 2.45) is 5.73 Å². The SMILES string of the molecule is NC(=O)Cn1c(COc2ccccc2Cl)nc2ccccc21. The lowest BCUT2D eigenvalue weighted by Gasteiger charge is -2.09. The van der Waals surface area contributed by atoms with E-state index in [0.717, 1.165) is 11.0 Å². The third-order valence-corrected chi connectivity index (χ3v) is 3.55. The standard InChI is InChI=1S/C16H14ClN3O2/c17-11-5-1-4-8-14(11)22-10-16-19-12-6-2-3-7-13(12)20(16)9-15(18)21/h1-8H,9-10H2,(H2,18,21). The van der Waals surface area contributed by atoms with Crippen LogP contribution in [0.3, 0.4) is 0 Å². The Balaban J connectivity index is 1.92. The lowest BCUT2D eigenvalue weighted by Crippen LogP contribution is -2.20. The summed E-state index contributed by atoms with van der Waals surface area (Å²) in [6.45, 7) is 0.257. The van der Waals surface area contributed by atoms with Gasteiger partial charge in [0.2, 0.25) is 5.91 Å². The Morgan fingerprint density at radius 1 is 1.18 bits per heavy atom. The molecule has 1 heterocycles. The van der Waals surface area contributed by atoms with Crippen LogP contribution in [0.5, 0.6) is 5.75 Å². The molecule has 1 amide bonds. The Hall–Kier alpha value is -2.53. The number of rotatable bonds is 5. The van der Waals surface area contributed by atoms with Crippen molar-refractivity contribution in [1.29, 1.82) is 0 Å². The van der Waals surface area contributed by atoms with Gasteiger partial charge in [0.1, 0.15) is 24.7 Å². The maximum absolute atomic E-state index is 11.3. The van der Waals surface area contributed by atoms with Crippen molar-refractivity contribution in [3.8, 4) is 5.75 Å². The van der Waals surface area contributed by atoms with E-state index < -0.39 is 5.91 Å². The van der Waals surface area contributed by atoms with Gasteiger partial charge in [-0.05, 0) is 24.3 Å². The Labute approximate surface area is 132 Å². The highest BCUT2D eigenvalue weighted by Crippen LogP contribution is 2.24. The predicted octanol–water partition coefficient (Wildman–Crippen LogP) is 2.75. The molecule has 0 fully saturated rings. The molecule has 0 aliphatic rings. The minimum atomic E-state index is -0.429. The number of nitrogens with two attached hydrogens (primary N) is 1. The third kappa shape index (κ3) is 2.89. The molecular formula is C16H14ClN3O2. The van der Waals surface area contributed by atoms with Crippen LogP contribution in [0.4, 0.5) is 0 Å². The molecule has 3 rings (SSSR count). The minimum absolute atomic E-state index is 0.0573. The lowest BCUT2D eigenvalue weighted by atomic mass is 10.3. The zero-order valence-corrected chi connectivity index (χ0v) is 12.5. The van der Waals surface area contributed by atoms with Crippen LogP contribution < -0.4 is 10.5 Å². The number of imidazole rings is 1. The van der Waals surface area contributed by atoms with Gasteiger partial charge in [0.25, 0.3) is 0 Å². The van der Waals surface area contributed by atoms with Crippen LogP contribution in [0, 0.1) is 0 Å². The van der Waals surface area contributed by atoms with E-state index in [2.05, 4.69) is 4.98 Å². The fourth-order valence-corrected chi connectivity index (χ4v) is 2.46. The maximum Gasteiger partial charge on any atom is 0.237 e. The number of carbonyl (C=O) groups excluding carboxylic acids is 1. The second kappa shape index (κ2) is 6.07. The summed E-state index contributed by atoms with van der Waals surface area (Å²) >= 11 is 6.07. The number of carbonyl (C=O) groups is 1. The van der Waals surface area contributed by atoms with Crippen LogP contribution in [-0.4, -0.2) is 15.5 Å². The van der Waals surface area contributed by atoms with E-state index in [1.807, 2.05) is 36.4 Å². The molecule has 0 saturated carbocycles. The van der Waals surface area contributed by atoms with Crippen LogP contribution in [0.1, 0.15) is 5.82 Å². The fraction of sp³-hybridized carbons (Fsp3) is 0.125. The van der Waals surface area contributed by atoms with E-state index in [1.54, 1.807) is 16.7 Å². The zero-order valence-electron chi connectivity index (χ0n) is 11.7. The quantitative estimate of drug-likeness (QED) is 0.787. The Morgan fingerprint density at radius 3 is 2.68 bits per heavy atom. The molecule has 6 heteroatoms. The van der Waals surface area contributed by atoms with E-state index in [9.17, 15) is 4.79 Å². The third-order valence-electron chi connectivity index (χ3n) is 3.24. The Kier molecular flexibility index (Phi) is 3.98. The lowest BCUT2D eigenvalue weighted by molar-refractivity contribution is -0.118. The van der Waals surface area contributed by atoms with E-state index in [0.29, 0.717) is 16.6 Å². The molecule has 0 unspecified atom stereocenters. The van der Waals surface area contributed by atoms with Gasteiger partial charge >= 0.3 is 0 Å². The van der Waals surface area contributed by atoms with Crippen molar-refractivity contribution in [2.75, 3.05) is 0 Å². The van der Waals surface area contributed by atoms with Crippen molar-refractivity contribution < 1.29 is 9.53 Å². The van der Waals surface area contributed by atoms with Crippen LogP contribution in [0.2, 0.25) is 5.02 Å². The second-order valence-corrected chi connectivity index (χ2v) is 5.20. The summed E-state index contributed by atoms with van der Waals surface area (Å²) in [6, 6.07) is 14.8. The average Bonchev–Trinajstić information content (AvgIpc) is 2.84. The van der Waals surface area contributed by atoms with E-state index in [-0.39, 0.29) is 13.2 Å². The first-order valence-electron chi connectivity index (χ1n) is 6.75. The largest absolute Gasteiger partial charge is 0.484 e. The van der Waals surface area contributed by atoms with Gasteiger partial charge in [-0.2, -0.15) is 0 Å². The molecule has 1 aromatic heterocycles. The normalized spacial score (nSPS) is 10.8. The highest BCUT2D eigenvalue weighted by molar-refractivity contribution is 6.32. The first-order chi connectivity index (χ1) is 10.6. The predicted molar refractivity (Wildman–Crippen MR) is 84.7 cm³/mol. The van der Waals surface area contributed by atoms with Crippen molar-refractivity contribution >= 4 is 28.5 Å². The van der Waals surface area contributed by atoms with Crippen molar-refractivity contribution in [3.63, 3.8) is 0 Å². The maximum atomic E-state index is 11.3. The fourth-order valence-electron chi connectivity index (χ4n) is 2.27. The van der Waals surface area contributed by atoms with E-state index in [1.165, 1.54) is 0 Å². The summed E-state index contributed by atoms with van der Waals surface area (Å²) < 4.78 is 7.47. The summed E-state index contributed by atoms with van der Waals surface area (Å²) in [4.78, 5) is 15.8. The molecule has 3 aromatic rings. The number of aromatic nitrogens is 2. The molecule has 2 N–H and O–H groups in total. The van der Waals surface area contributed by atoms with Crippen LogP contribution in [0.15, 0.2) is 48.5 Å². The van der Waals surface area contributed by atoms with Gasteiger partial charge in [-0.3, -0.25) is 4.79 Å². The molecule has 0 saturated heterocycles. The molecular weight excluding hydrogens is 302 g/mol. The van der Waals surface area contributed by atoms with Crippen LogP contribution >= 0.6 is 11.6 Å². The first-order valence-corrected chi connectivity index (χ1v) is 7.13. The first kappa shape index (κ1) is 14.4. The van der Waals surface area contributed by atoms with Gasteiger partial charge < -0.3 is 15.0 Å². The number of primary amides is 1. The van der Waals surface area contributed by atoms with Crippen LogP contribution in [-0.2, 0) is 17.9 Å².